The van der Waals surface area contributed by atoms with Gasteiger partial charge in [-0.1, -0.05) is 21.1 Å². The summed E-state index contributed by atoms with van der Waals surface area (Å²) in [6.45, 7) is 2.98. The van der Waals surface area contributed by atoms with Crippen molar-refractivity contribution in [3.63, 3.8) is 0 Å². The molecule has 4 rings (SSSR count). The van der Waals surface area contributed by atoms with Crippen LogP contribution < -0.4 is 0 Å². The number of hydrogen-bond donors (Lipinski definition) is 1. The Morgan fingerprint density at radius 3 is 2.91 bits per heavy atom. The summed E-state index contributed by atoms with van der Waals surface area (Å²) in [5.74, 6) is -0.0414. The number of benzene rings is 1. The minimum Gasteiger partial charge on any atom is -0.383 e. The van der Waals surface area contributed by atoms with Crippen LogP contribution in [0.3, 0.4) is 0 Å². The van der Waals surface area contributed by atoms with Crippen molar-refractivity contribution in [1.29, 1.82) is 5.26 Å². The number of halogens is 1. The maximum atomic E-state index is 12.8. The first-order chi connectivity index (χ1) is 15.4. The van der Waals surface area contributed by atoms with Crippen molar-refractivity contribution in [2.24, 2.45) is 0 Å². The van der Waals surface area contributed by atoms with E-state index in [0.717, 1.165) is 15.7 Å². The highest BCUT2D eigenvalue weighted by molar-refractivity contribution is 9.10. The standard InChI is InChI=1S/C23H23BrN6O2/c1-16-9-19(24)3-4-20(16)30-15-21(27-28-30)23(32)5-2-7-29(8-6-23)22(31)11-17-10-18(12-25)14-26-13-17/h3-4,9-10,13-15,32H,2,5-8,11H2,1H3. The molecule has 1 amide bonds. The lowest BCUT2D eigenvalue weighted by Gasteiger charge is -2.24. The Morgan fingerprint density at radius 2 is 2.12 bits per heavy atom. The fraction of sp³-hybridized carbons (Fsp3) is 0.348. The molecule has 1 atom stereocenters. The predicted molar refractivity (Wildman–Crippen MR) is 121 cm³/mol. The number of nitriles is 1. The van der Waals surface area contributed by atoms with Gasteiger partial charge in [0.15, 0.2) is 0 Å². The van der Waals surface area contributed by atoms with E-state index in [-0.39, 0.29) is 12.3 Å². The van der Waals surface area contributed by atoms with Crippen LogP contribution in [-0.2, 0) is 16.8 Å². The number of aliphatic hydroxyl groups is 1. The van der Waals surface area contributed by atoms with E-state index >= 15 is 0 Å². The molecule has 1 saturated heterocycles. The van der Waals surface area contributed by atoms with Crippen molar-refractivity contribution in [2.75, 3.05) is 13.1 Å². The Bertz CT molecular complexity index is 1190. The Balaban J connectivity index is 1.46. The summed E-state index contributed by atoms with van der Waals surface area (Å²) in [4.78, 5) is 18.6. The van der Waals surface area contributed by atoms with E-state index in [1.165, 1.54) is 6.20 Å². The molecule has 3 heterocycles. The fourth-order valence-corrected chi connectivity index (χ4v) is 4.50. The Labute approximate surface area is 194 Å². The quantitative estimate of drug-likeness (QED) is 0.596. The van der Waals surface area contributed by atoms with Gasteiger partial charge in [-0.25, -0.2) is 4.68 Å². The number of hydrogen-bond acceptors (Lipinski definition) is 6. The highest BCUT2D eigenvalue weighted by atomic mass is 79.9. The molecule has 3 aromatic rings. The molecule has 1 unspecified atom stereocenters. The van der Waals surface area contributed by atoms with Crippen LogP contribution in [0, 0.1) is 18.3 Å². The van der Waals surface area contributed by atoms with Crippen LogP contribution in [0.25, 0.3) is 5.69 Å². The zero-order valence-electron chi connectivity index (χ0n) is 17.7. The van der Waals surface area contributed by atoms with E-state index in [0.29, 0.717) is 49.2 Å². The van der Waals surface area contributed by atoms with Gasteiger partial charge in [0.2, 0.25) is 5.91 Å². The molecule has 32 heavy (non-hydrogen) atoms. The van der Waals surface area contributed by atoms with Crippen molar-refractivity contribution >= 4 is 21.8 Å². The first kappa shape index (κ1) is 22.1. The van der Waals surface area contributed by atoms with E-state index in [1.54, 1.807) is 28.0 Å². The third kappa shape index (κ3) is 4.71. The summed E-state index contributed by atoms with van der Waals surface area (Å²) < 4.78 is 2.67. The maximum Gasteiger partial charge on any atom is 0.227 e. The third-order valence-corrected chi connectivity index (χ3v) is 6.31. The molecule has 1 aliphatic heterocycles. The normalized spacial score (nSPS) is 18.8. The van der Waals surface area contributed by atoms with E-state index in [9.17, 15) is 9.90 Å². The van der Waals surface area contributed by atoms with E-state index < -0.39 is 5.60 Å². The molecule has 1 N–H and O–H groups in total. The van der Waals surface area contributed by atoms with Gasteiger partial charge in [0, 0.05) is 30.0 Å². The first-order valence-corrected chi connectivity index (χ1v) is 11.2. The molecular weight excluding hydrogens is 472 g/mol. The highest BCUT2D eigenvalue weighted by Gasteiger charge is 2.36. The van der Waals surface area contributed by atoms with E-state index in [2.05, 4.69) is 31.2 Å². The molecule has 1 aliphatic rings. The van der Waals surface area contributed by atoms with Gasteiger partial charge in [-0.15, -0.1) is 5.10 Å². The molecule has 164 valence electrons. The molecule has 1 fully saturated rings. The Kier molecular flexibility index (Phi) is 6.35. The lowest BCUT2D eigenvalue weighted by Crippen LogP contribution is -2.34. The largest absolute Gasteiger partial charge is 0.383 e. The lowest BCUT2D eigenvalue weighted by atomic mass is 9.92. The van der Waals surface area contributed by atoms with Gasteiger partial charge in [0.25, 0.3) is 0 Å². The van der Waals surface area contributed by atoms with Crippen molar-refractivity contribution in [1.82, 2.24) is 24.9 Å². The summed E-state index contributed by atoms with van der Waals surface area (Å²) in [6.07, 6.45) is 6.57. The number of likely N-dealkylation sites (tertiary alicyclic amines) is 1. The van der Waals surface area contributed by atoms with Gasteiger partial charge < -0.3 is 10.0 Å². The van der Waals surface area contributed by atoms with Gasteiger partial charge in [0.05, 0.1) is 23.9 Å². The van der Waals surface area contributed by atoms with Crippen molar-refractivity contribution in [2.45, 2.75) is 38.2 Å². The topological polar surface area (TPSA) is 108 Å². The van der Waals surface area contributed by atoms with Crippen molar-refractivity contribution < 1.29 is 9.90 Å². The van der Waals surface area contributed by atoms with Gasteiger partial charge in [-0.05, 0) is 61.6 Å². The van der Waals surface area contributed by atoms with Crippen molar-refractivity contribution in [3.8, 4) is 11.8 Å². The molecule has 2 aromatic heterocycles. The van der Waals surface area contributed by atoms with Gasteiger partial charge in [-0.3, -0.25) is 9.78 Å². The second-order valence-electron chi connectivity index (χ2n) is 8.12. The molecule has 0 bridgehead atoms. The molecule has 8 nitrogen and oxygen atoms in total. The van der Waals surface area contributed by atoms with E-state index in [1.807, 2.05) is 31.2 Å². The van der Waals surface area contributed by atoms with Crippen LogP contribution >= 0.6 is 15.9 Å². The average molecular weight is 495 g/mol. The van der Waals surface area contributed by atoms with Crippen LogP contribution in [0.4, 0.5) is 0 Å². The van der Waals surface area contributed by atoms with Crippen molar-refractivity contribution in [3.05, 3.63) is 69.7 Å². The summed E-state index contributed by atoms with van der Waals surface area (Å²) >= 11 is 3.46. The zero-order chi connectivity index (χ0) is 22.7. The second kappa shape index (κ2) is 9.18. The molecule has 0 radical (unpaired) electrons. The number of aryl methyl sites for hydroxylation is 1. The SMILES string of the molecule is Cc1cc(Br)ccc1-n1cc(C2(O)CCCN(C(=O)Cc3cncc(C#N)c3)CC2)nn1. The molecular formula is C23H23BrN6O2. The van der Waals surface area contributed by atoms with Crippen LogP contribution in [0.5, 0.6) is 0 Å². The second-order valence-corrected chi connectivity index (χ2v) is 9.03. The first-order valence-electron chi connectivity index (χ1n) is 10.4. The number of carbonyl (C=O) groups excluding carboxylic acids is 1. The minimum atomic E-state index is -1.14. The van der Waals surface area contributed by atoms with Gasteiger partial charge in [-0.2, -0.15) is 5.26 Å². The lowest BCUT2D eigenvalue weighted by molar-refractivity contribution is -0.130. The van der Waals surface area contributed by atoms with Crippen LogP contribution in [0.1, 0.15) is 41.6 Å². The number of carbonyl (C=O) groups is 1. The number of aromatic nitrogens is 4. The maximum absolute atomic E-state index is 12.8. The van der Waals surface area contributed by atoms with Crippen LogP contribution in [-0.4, -0.2) is 49.0 Å². The van der Waals surface area contributed by atoms with E-state index in [4.69, 9.17) is 5.26 Å². The number of nitrogens with zero attached hydrogens (tertiary/aromatic N) is 6. The predicted octanol–water partition coefficient (Wildman–Crippen LogP) is 3.05. The molecule has 0 saturated carbocycles. The number of pyridine rings is 1. The van der Waals surface area contributed by atoms with Crippen LogP contribution in [0.2, 0.25) is 0 Å². The molecule has 0 aliphatic carbocycles. The highest BCUT2D eigenvalue weighted by Crippen LogP contribution is 2.32. The zero-order valence-corrected chi connectivity index (χ0v) is 19.3. The summed E-state index contributed by atoms with van der Waals surface area (Å²) in [5, 5.41) is 28.9. The fourth-order valence-electron chi connectivity index (χ4n) is 4.03. The average Bonchev–Trinajstić information content (AvgIpc) is 3.18. The summed E-state index contributed by atoms with van der Waals surface area (Å²) in [5.41, 5.74) is 2.45. The third-order valence-electron chi connectivity index (χ3n) is 5.82. The molecule has 9 heteroatoms. The monoisotopic (exact) mass is 494 g/mol. The Morgan fingerprint density at radius 1 is 1.28 bits per heavy atom. The summed E-state index contributed by atoms with van der Waals surface area (Å²) in [6, 6.07) is 9.62. The Hall–Kier alpha value is -3.09. The summed E-state index contributed by atoms with van der Waals surface area (Å²) in [7, 11) is 0. The minimum absolute atomic E-state index is 0.0414. The van der Waals surface area contributed by atoms with Gasteiger partial charge in [0.1, 0.15) is 17.4 Å². The smallest absolute Gasteiger partial charge is 0.227 e. The molecule has 0 spiro atoms. The van der Waals surface area contributed by atoms with Gasteiger partial charge >= 0.3 is 0 Å². The number of rotatable bonds is 4. The number of amides is 1. The van der Waals surface area contributed by atoms with Crippen LogP contribution in [0.15, 0.2) is 47.3 Å². The molecule has 1 aromatic carbocycles.